The Balaban J connectivity index is 1.33. The fourth-order valence-electron chi connectivity index (χ4n) is 4.39. The molecule has 3 aliphatic heterocycles. The molecule has 1 aromatic carbocycles. The van der Waals surface area contributed by atoms with Crippen molar-refractivity contribution in [1.82, 2.24) is 9.47 Å². The van der Waals surface area contributed by atoms with Crippen molar-refractivity contribution < 1.29 is 14.3 Å². The number of pyridine rings is 1. The summed E-state index contributed by atoms with van der Waals surface area (Å²) < 4.78 is 13.0. The zero-order valence-electron chi connectivity index (χ0n) is 14.9. The highest BCUT2D eigenvalue weighted by Gasteiger charge is 2.36. The van der Waals surface area contributed by atoms with Crippen LogP contribution in [-0.2, 0) is 6.54 Å². The van der Waals surface area contributed by atoms with Crippen LogP contribution in [0.4, 0.5) is 10.5 Å². The molecule has 3 aliphatic rings. The van der Waals surface area contributed by atoms with Crippen molar-refractivity contribution in [2.24, 2.45) is 5.92 Å². The standard InChI is InChI=1S/C20H21N3O4/c24-19-3-1-2-16-14-8-13(11-23(16)19)10-22(12-14)20(25)21-15-4-5-17-18(9-15)27-7-6-26-17/h1-5,9,13-14H,6-8,10-12H2,(H,21,25)/t13-,14-/m1/s1. The summed E-state index contributed by atoms with van der Waals surface area (Å²) in [6.07, 6.45) is 1.03. The van der Waals surface area contributed by atoms with Crippen LogP contribution in [0.2, 0.25) is 0 Å². The molecule has 27 heavy (non-hydrogen) atoms. The van der Waals surface area contributed by atoms with Crippen molar-refractivity contribution in [3.05, 3.63) is 52.4 Å². The topological polar surface area (TPSA) is 72.8 Å². The third kappa shape index (κ3) is 2.93. The van der Waals surface area contributed by atoms with Crippen LogP contribution in [0, 0.1) is 5.92 Å². The van der Waals surface area contributed by atoms with Gasteiger partial charge in [0.2, 0.25) is 0 Å². The highest BCUT2D eigenvalue weighted by atomic mass is 16.6. The van der Waals surface area contributed by atoms with Crippen LogP contribution in [0.15, 0.2) is 41.2 Å². The molecule has 4 heterocycles. The van der Waals surface area contributed by atoms with Crippen molar-refractivity contribution >= 4 is 11.7 Å². The van der Waals surface area contributed by atoms with Crippen molar-refractivity contribution in [1.29, 1.82) is 0 Å². The molecule has 1 N–H and O–H groups in total. The van der Waals surface area contributed by atoms with E-state index in [0.29, 0.717) is 56.0 Å². The second-order valence-electron chi connectivity index (χ2n) is 7.39. The van der Waals surface area contributed by atoms with Gasteiger partial charge in [-0.2, -0.15) is 0 Å². The van der Waals surface area contributed by atoms with Crippen LogP contribution >= 0.6 is 0 Å². The molecule has 5 rings (SSSR count). The summed E-state index contributed by atoms with van der Waals surface area (Å²) in [5.74, 6) is 1.87. The van der Waals surface area contributed by atoms with Crippen LogP contribution < -0.4 is 20.3 Å². The van der Waals surface area contributed by atoms with Gasteiger partial charge in [0.05, 0.1) is 0 Å². The lowest BCUT2D eigenvalue weighted by molar-refractivity contribution is 0.139. The SMILES string of the molecule is O=C(Nc1ccc2c(c1)OCCO2)N1C[C@H]2C[C@H](C1)c1cccc(=O)n1C2. The second kappa shape index (κ2) is 6.33. The molecular formula is C20H21N3O4. The fraction of sp³-hybridized carbons (Fsp3) is 0.400. The van der Waals surface area contributed by atoms with Crippen molar-refractivity contribution in [3.8, 4) is 11.5 Å². The summed E-state index contributed by atoms with van der Waals surface area (Å²) in [7, 11) is 0. The zero-order valence-corrected chi connectivity index (χ0v) is 14.9. The number of likely N-dealkylation sites (tertiary alicyclic amines) is 1. The van der Waals surface area contributed by atoms with Crippen molar-refractivity contribution in [2.45, 2.75) is 18.9 Å². The van der Waals surface area contributed by atoms with Crippen LogP contribution in [0.5, 0.6) is 11.5 Å². The van der Waals surface area contributed by atoms with Gasteiger partial charge in [0.25, 0.3) is 5.56 Å². The molecule has 0 unspecified atom stereocenters. The number of anilines is 1. The third-order valence-corrected chi connectivity index (χ3v) is 5.56. The lowest BCUT2D eigenvalue weighted by Crippen LogP contribution is -2.50. The first-order chi connectivity index (χ1) is 13.2. The maximum atomic E-state index is 12.8. The van der Waals surface area contributed by atoms with E-state index in [2.05, 4.69) is 5.32 Å². The molecule has 7 nitrogen and oxygen atoms in total. The minimum atomic E-state index is -0.117. The number of aromatic nitrogens is 1. The molecule has 7 heteroatoms. The minimum absolute atomic E-state index is 0.0522. The monoisotopic (exact) mass is 367 g/mol. The third-order valence-electron chi connectivity index (χ3n) is 5.56. The van der Waals surface area contributed by atoms with Crippen LogP contribution in [-0.4, -0.2) is 41.8 Å². The van der Waals surface area contributed by atoms with E-state index < -0.39 is 0 Å². The van der Waals surface area contributed by atoms with E-state index in [0.717, 1.165) is 12.1 Å². The lowest BCUT2D eigenvalue weighted by Gasteiger charge is -2.42. The van der Waals surface area contributed by atoms with Crippen molar-refractivity contribution in [2.75, 3.05) is 31.6 Å². The number of piperidine rings is 1. The maximum Gasteiger partial charge on any atom is 0.321 e. The fourth-order valence-corrected chi connectivity index (χ4v) is 4.39. The summed E-state index contributed by atoms with van der Waals surface area (Å²) in [6.45, 7) is 3.02. The molecule has 140 valence electrons. The zero-order chi connectivity index (χ0) is 18.4. The van der Waals surface area contributed by atoms with Crippen LogP contribution in [0.3, 0.4) is 0 Å². The average Bonchev–Trinajstić information content (AvgIpc) is 2.68. The van der Waals surface area contributed by atoms with E-state index in [1.807, 2.05) is 33.7 Å². The predicted octanol–water partition coefficient (Wildman–Crippen LogP) is 2.27. The van der Waals surface area contributed by atoms with E-state index in [4.69, 9.17) is 9.47 Å². The summed E-state index contributed by atoms with van der Waals surface area (Å²) in [5.41, 5.74) is 1.78. The first kappa shape index (κ1) is 16.2. The highest BCUT2D eigenvalue weighted by Crippen LogP contribution is 2.36. The molecule has 2 aromatic rings. The smallest absolute Gasteiger partial charge is 0.321 e. The number of hydrogen-bond acceptors (Lipinski definition) is 4. The number of urea groups is 1. The van der Waals surface area contributed by atoms with E-state index in [1.54, 1.807) is 12.1 Å². The molecule has 1 fully saturated rings. The van der Waals surface area contributed by atoms with Gasteiger partial charge < -0.3 is 24.3 Å². The Morgan fingerprint density at radius 1 is 1.04 bits per heavy atom. The molecule has 1 saturated heterocycles. The van der Waals surface area contributed by atoms with E-state index in [9.17, 15) is 9.59 Å². The van der Waals surface area contributed by atoms with Gasteiger partial charge in [-0.3, -0.25) is 4.79 Å². The number of nitrogens with zero attached hydrogens (tertiary/aromatic N) is 2. The molecular weight excluding hydrogens is 346 g/mol. The molecule has 0 spiro atoms. The van der Waals surface area contributed by atoms with Gasteiger partial charge in [0.1, 0.15) is 13.2 Å². The molecule has 2 bridgehead atoms. The second-order valence-corrected chi connectivity index (χ2v) is 7.39. The number of nitrogens with one attached hydrogen (secondary N) is 1. The summed E-state index contributed by atoms with van der Waals surface area (Å²) >= 11 is 0. The normalized spacial score (nSPS) is 22.7. The van der Waals surface area contributed by atoms with Gasteiger partial charge in [0, 0.05) is 49.1 Å². The Morgan fingerprint density at radius 3 is 2.78 bits per heavy atom. The number of hydrogen-bond donors (Lipinski definition) is 1. The highest BCUT2D eigenvalue weighted by molar-refractivity contribution is 5.90. The lowest BCUT2D eigenvalue weighted by atomic mass is 9.83. The molecule has 0 aliphatic carbocycles. The number of carbonyl (C=O) groups is 1. The Kier molecular flexibility index (Phi) is 3.81. The molecule has 2 amide bonds. The number of ether oxygens (including phenoxy) is 2. The van der Waals surface area contributed by atoms with Crippen LogP contribution in [0.1, 0.15) is 18.0 Å². The molecule has 0 saturated carbocycles. The van der Waals surface area contributed by atoms with Gasteiger partial charge >= 0.3 is 6.03 Å². The quantitative estimate of drug-likeness (QED) is 0.839. The Bertz CT molecular complexity index is 954. The number of amides is 2. The predicted molar refractivity (Wildman–Crippen MR) is 99.6 cm³/mol. The summed E-state index contributed by atoms with van der Waals surface area (Å²) in [4.78, 5) is 26.8. The molecule has 1 aromatic heterocycles. The van der Waals surface area contributed by atoms with Gasteiger partial charge in [-0.05, 0) is 30.5 Å². The maximum absolute atomic E-state index is 12.8. The largest absolute Gasteiger partial charge is 0.486 e. The minimum Gasteiger partial charge on any atom is -0.486 e. The number of rotatable bonds is 1. The van der Waals surface area contributed by atoms with E-state index in [-0.39, 0.29) is 17.5 Å². The Labute approximate surface area is 156 Å². The first-order valence-electron chi connectivity index (χ1n) is 9.33. The van der Waals surface area contributed by atoms with Crippen molar-refractivity contribution in [3.63, 3.8) is 0 Å². The van der Waals surface area contributed by atoms with E-state index in [1.165, 1.54) is 0 Å². The summed E-state index contributed by atoms with van der Waals surface area (Å²) in [6, 6.07) is 10.7. The number of carbonyl (C=O) groups excluding carboxylic acids is 1. The summed E-state index contributed by atoms with van der Waals surface area (Å²) in [5, 5.41) is 2.97. The number of benzene rings is 1. The van der Waals surface area contributed by atoms with Gasteiger partial charge in [-0.1, -0.05) is 6.07 Å². The first-order valence-corrected chi connectivity index (χ1v) is 9.33. The molecule has 2 atom stereocenters. The number of fused-ring (bicyclic) bond motifs is 5. The Hall–Kier alpha value is -2.96. The van der Waals surface area contributed by atoms with Gasteiger partial charge in [0.15, 0.2) is 11.5 Å². The molecule has 0 radical (unpaired) electrons. The Morgan fingerprint density at radius 2 is 1.89 bits per heavy atom. The van der Waals surface area contributed by atoms with Gasteiger partial charge in [-0.15, -0.1) is 0 Å². The van der Waals surface area contributed by atoms with Gasteiger partial charge in [-0.25, -0.2) is 4.79 Å². The van der Waals surface area contributed by atoms with E-state index >= 15 is 0 Å². The average molecular weight is 367 g/mol. The van der Waals surface area contributed by atoms with Crippen LogP contribution in [0.25, 0.3) is 0 Å².